The van der Waals surface area contributed by atoms with Crippen molar-refractivity contribution in [2.45, 2.75) is 38.8 Å². The molecule has 0 saturated carbocycles. The number of hydrogen-bond acceptors (Lipinski definition) is 3. The van der Waals surface area contributed by atoms with Gasteiger partial charge in [-0.1, -0.05) is 19.4 Å². The number of nitrogens with two attached hydrogens (primary N) is 1. The Morgan fingerprint density at radius 1 is 1.62 bits per heavy atom. The fourth-order valence-corrected chi connectivity index (χ4v) is 2.43. The van der Waals surface area contributed by atoms with Gasteiger partial charge in [0.05, 0.1) is 12.1 Å². The average Bonchev–Trinajstić information content (AvgIpc) is 2.79. The quantitative estimate of drug-likeness (QED) is 0.859. The Morgan fingerprint density at radius 2 is 2.31 bits per heavy atom. The minimum absolute atomic E-state index is 0.0303. The molecule has 2 N–H and O–H groups in total. The second kappa shape index (κ2) is 6.01. The lowest BCUT2D eigenvalue weighted by Gasteiger charge is -2.26. The van der Waals surface area contributed by atoms with E-state index in [0.717, 1.165) is 12.8 Å². The predicted octanol–water partition coefficient (Wildman–Crippen LogP) is 2.39. The van der Waals surface area contributed by atoms with E-state index in [9.17, 15) is 4.79 Å². The Kier molecular flexibility index (Phi) is 4.96. The summed E-state index contributed by atoms with van der Waals surface area (Å²) in [6.07, 6.45) is 1.69. The molecule has 1 aromatic heterocycles. The second-order valence-electron chi connectivity index (χ2n) is 4.04. The first-order chi connectivity index (χ1) is 7.57. The van der Waals surface area contributed by atoms with Gasteiger partial charge in [-0.05, 0) is 24.8 Å². The highest BCUT2D eigenvalue weighted by Crippen LogP contribution is 2.23. The van der Waals surface area contributed by atoms with Crippen molar-refractivity contribution in [1.82, 2.24) is 4.90 Å². The van der Waals surface area contributed by atoms with Crippen LogP contribution < -0.4 is 5.73 Å². The van der Waals surface area contributed by atoms with Crippen molar-refractivity contribution in [3.05, 3.63) is 22.4 Å². The first-order valence-electron chi connectivity index (χ1n) is 5.63. The van der Waals surface area contributed by atoms with E-state index < -0.39 is 0 Å². The van der Waals surface area contributed by atoms with E-state index in [2.05, 4.69) is 0 Å². The number of hydrogen-bond donors (Lipinski definition) is 1. The molecule has 0 spiro atoms. The third-order valence-corrected chi connectivity index (χ3v) is 3.84. The number of likely N-dealkylation sites (N-methyl/N-ethyl adjacent to an activating group) is 1. The highest BCUT2D eigenvalue weighted by molar-refractivity contribution is 7.10. The summed E-state index contributed by atoms with van der Waals surface area (Å²) in [5.41, 5.74) is 5.83. The van der Waals surface area contributed by atoms with Crippen LogP contribution in [0.5, 0.6) is 0 Å². The molecule has 1 aromatic rings. The topological polar surface area (TPSA) is 46.3 Å². The van der Waals surface area contributed by atoms with Gasteiger partial charge in [0.2, 0.25) is 5.91 Å². The second-order valence-corrected chi connectivity index (χ2v) is 5.01. The molecule has 1 rings (SSSR count). The van der Waals surface area contributed by atoms with Crippen molar-refractivity contribution >= 4 is 17.2 Å². The third-order valence-electron chi connectivity index (χ3n) is 2.80. The van der Waals surface area contributed by atoms with Crippen molar-refractivity contribution in [2.24, 2.45) is 5.73 Å². The van der Waals surface area contributed by atoms with Crippen LogP contribution in [0.3, 0.4) is 0 Å². The molecule has 4 heteroatoms. The van der Waals surface area contributed by atoms with Gasteiger partial charge in [-0.3, -0.25) is 4.79 Å². The molecule has 0 bridgehead atoms. The van der Waals surface area contributed by atoms with Crippen molar-refractivity contribution < 1.29 is 4.79 Å². The zero-order valence-electron chi connectivity index (χ0n) is 10.1. The molecule has 0 aliphatic carbocycles. The van der Waals surface area contributed by atoms with Gasteiger partial charge in [0.15, 0.2) is 0 Å². The van der Waals surface area contributed by atoms with Gasteiger partial charge in [-0.15, -0.1) is 11.3 Å². The number of nitrogens with zero attached hydrogens (tertiary/aromatic N) is 1. The Morgan fingerprint density at radius 3 is 2.81 bits per heavy atom. The lowest BCUT2D eigenvalue weighted by Crippen LogP contribution is -2.42. The number of carbonyl (C=O) groups is 1. The van der Waals surface area contributed by atoms with Crippen molar-refractivity contribution in [3.8, 4) is 0 Å². The van der Waals surface area contributed by atoms with Gasteiger partial charge < -0.3 is 10.6 Å². The zero-order chi connectivity index (χ0) is 12.1. The predicted molar refractivity (Wildman–Crippen MR) is 68.4 cm³/mol. The molecule has 0 fully saturated rings. The molecule has 0 aromatic carbocycles. The van der Waals surface area contributed by atoms with E-state index in [4.69, 9.17) is 5.73 Å². The van der Waals surface area contributed by atoms with Crippen LogP contribution in [-0.2, 0) is 4.79 Å². The van der Waals surface area contributed by atoms with E-state index in [1.165, 1.54) is 4.88 Å². The molecule has 2 atom stereocenters. The van der Waals surface area contributed by atoms with Crippen LogP contribution in [0.2, 0.25) is 0 Å². The molecule has 0 saturated heterocycles. The molecular formula is C12H20N2OS. The molecule has 3 nitrogen and oxygen atoms in total. The minimum Gasteiger partial charge on any atom is -0.337 e. The van der Waals surface area contributed by atoms with Crippen LogP contribution in [0.15, 0.2) is 17.5 Å². The fourth-order valence-electron chi connectivity index (χ4n) is 1.61. The van der Waals surface area contributed by atoms with Gasteiger partial charge in [0, 0.05) is 11.9 Å². The van der Waals surface area contributed by atoms with E-state index in [1.807, 2.05) is 38.4 Å². The van der Waals surface area contributed by atoms with Gasteiger partial charge in [-0.25, -0.2) is 0 Å². The first-order valence-corrected chi connectivity index (χ1v) is 6.51. The molecule has 1 unspecified atom stereocenters. The standard InChI is InChI=1S/C12H20N2OS/c1-4-6-10(13)12(15)14(3)9(2)11-7-5-8-16-11/h5,7-10H,4,6,13H2,1-3H3/t9?,10-/m1/s1. The molecule has 0 radical (unpaired) electrons. The van der Waals surface area contributed by atoms with E-state index >= 15 is 0 Å². The number of carbonyl (C=O) groups excluding carboxylic acids is 1. The Hall–Kier alpha value is -0.870. The summed E-state index contributed by atoms with van der Waals surface area (Å²) in [5, 5.41) is 2.02. The lowest BCUT2D eigenvalue weighted by molar-refractivity contribution is -0.133. The summed E-state index contributed by atoms with van der Waals surface area (Å²) >= 11 is 1.67. The third kappa shape index (κ3) is 3.06. The SMILES string of the molecule is CCC[C@@H](N)C(=O)N(C)C(C)c1cccs1. The normalized spacial score (nSPS) is 14.5. The maximum atomic E-state index is 12.0. The van der Waals surface area contributed by atoms with Crippen LogP contribution in [0.4, 0.5) is 0 Å². The highest BCUT2D eigenvalue weighted by atomic mass is 32.1. The largest absolute Gasteiger partial charge is 0.337 e. The molecule has 1 amide bonds. The van der Waals surface area contributed by atoms with Crippen LogP contribution in [-0.4, -0.2) is 23.9 Å². The summed E-state index contributed by atoms with van der Waals surface area (Å²) in [7, 11) is 1.82. The molecule has 0 aliphatic heterocycles. The van der Waals surface area contributed by atoms with Gasteiger partial charge in [0.25, 0.3) is 0 Å². The first kappa shape index (κ1) is 13.2. The summed E-state index contributed by atoms with van der Waals surface area (Å²) in [5.74, 6) is 0.0303. The monoisotopic (exact) mass is 240 g/mol. The van der Waals surface area contributed by atoms with Gasteiger partial charge >= 0.3 is 0 Å². The van der Waals surface area contributed by atoms with Crippen LogP contribution in [0.25, 0.3) is 0 Å². The summed E-state index contributed by atoms with van der Waals surface area (Å²) in [4.78, 5) is 14.9. The average molecular weight is 240 g/mol. The van der Waals surface area contributed by atoms with Crippen LogP contribution in [0.1, 0.15) is 37.6 Å². The Labute approximate surface area is 101 Å². The smallest absolute Gasteiger partial charge is 0.239 e. The summed E-state index contributed by atoms with van der Waals surface area (Å²) < 4.78 is 0. The number of amides is 1. The Balaban J connectivity index is 2.63. The van der Waals surface area contributed by atoms with Crippen molar-refractivity contribution in [2.75, 3.05) is 7.05 Å². The van der Waals surface area contributed by atoms with Gasteiger partial charge in [0.1, 0.15) is 0 Å². The Bertz CT molecular complexity index is 324. The lowest BCUT2D eigenvalue weighted by atomic mass is 10.1. The maximum absolute atomic E-state index is 12.0. The zero-order valence-corrected chi connectivity index (χ0v) is 11.0. The maximum Gasteiger partial charge on any atom is 0.239 e. The molecule has 16 heavy (non-hydrogen) atoms. The molecular weight excluding hydrogens is 220 g/mol. The van der Waals surface area contributed by atoms with E-state index in [1.54, 1.807) is 16.2 Å². The van der Waals surface area contributed by atoms with Crippen molar-refractivity contribution in [1.29, 1.82) is 0 Å². The van der Waals surface area contributed by atoms with E-state index in [0.29, 0.717) is 0 Å². The number of thiophene rings is 1. The fraction of sp³-hybridized carbons (Fsp3) is 0.583. The van der Waals surface area contributed by atoms with E-state index in [-0.39, 0.29) is 18.0 Å². The minimum atomic E-state index is -0.364. The van der Waals surface area contributed by atoms with Gasteiger partial charge in [-0.2, -0.15) is 0 Å². The van der Waals surface area contributed by atoms with Crippen LogP contribution >= 0.6 is 11.3 Å². The highest BCUT2D eigenvalue weighted by Gasteiger charge is 2.22. The molecule has 90 valence electrons. The number of rotatable bonds is 5. The van der Waals surface area contributed by atoms with Crippen molar-refractivity contribution in [3.63, 3.8) is 0 Å². The van der Waals surface area contributed by atoms with Crippen LogP contribution in [0, 0.1) is 0 Å². The molecule has 1 heterocycles. The summed E-state index contributed by atoms with van der Waals surface area (Å²) in [6.45, 7) is 4.07. The molecule has 0 aliphatic rings. The summed E-state index contributed by atoms with van der Waals surface area (Å²) in [6, 6.07) is 3.79.